The maximum Gasteiger partial charge on any atom is 0.332 e. The number of carboxylic acids is 1. The molecule has 0 aliphatic rings. The molecule has 0 saturated carbocycles. The number of nitrogens with one attached hydrogen (secondary N) is 2. The van der Waals surface area contributed by atoms with Crippen LogP contribution in [0.5, 0.6) is 0 Å². The summed E-state index contributed by atoms with van der Waals surface area (Å²) in [4.78, 5) is 37.8. The smallest absolute Gasteiger partial charge is 0.332 e. The Bertz CT molecular complexity index is 501. The minimum absolute atomic E-state index is 0.0663. The number of aliphatic carboxylic acids is 1. The second-order valence-corrected chi connectivity index (χ2v) is 3.98. The number of carbonyl (C=O) groups excluding carboxylic acids is 2. The number of hydrogen-bond donors (Lipinski definition) is 3. The van der Waals surface area contributed by atoms with Crippen molar-refractivity contribution in [2.45, 2.75) is 19.3 Å². The minimum Gasteiger partial charge on any atom is -0.481 e. The first-order chi connectivity index (χ1) is 9.52. The molecule has 0 radical (unpaired) electrons. The molecule has 1 rings (SSSR count). The third-order valence-corrected chi connectivity index (χ3v) is 2.44. The molecule has 0 heterocycles. The van der Waals surface area contributed by atoms with E-state index in [9.17, 15) is 14.4 Å². The van der Waals surface area contributed by atoms with Gasteiger partial charge in [0.25, 0.3) is 5.91 Å². The molecule has 20 heavy (non-hydrogen) atoms. The number of carbonyl (C=O) groups is 3. The molecular weight excluding hydrogens is 264 g/mol. The predicted octanol–water partition coefficient (Wildman–Crippen LogP) is 1.17. The maximum atomic E-state index is 11.7. The molecule has 0 unspecified atom stereocenters. The molecule has 108 valence electrons. The van der Waals surface area contributed by atoms with Crippen LogP contribution in [0.4, 0.5) is 5.69 Å². The molecule has 7 nitrogen and oxygen atoms in total. The molecule has 0 spiro atoms. The lowest BCUT2D eigenvalue weighted by atomic mass is 10.2. The van der Waals surface area contributed by atoms with Gasteiger partial charge in [0.05, 0.1) is 0 Å². The Labute approximate surface area is 115 Å². The first-order valence-corrected chi connectivity index (χ1v) is 6.02. The Kier molecular flexibility index (Phi) is 6.02. The number of anilines is 1. The van der Waals surface area contributed by atoms with Gasteiger partial charge < -0.3 is 15.3 Å². The lowest BCUT2D eigenvalue weighted by Crippen LogP contribution is -2.27. The minimum atomic E-state index is -0.981. The summed E-state index contributed by atoms with van der Waals surface area (Å²) in [6.07, 6.45) is -0.0182. The molecule has 0 bridgehead atoms. The average Bonchev–Trinajstić information content (AvgIpc) is 2.44. The van der Waals surface area contributed by atoms with Gasteiger partial charge in [-0.3, -0.25) is 9.59 Å². The Hall–Kier alpha value is -2.57. The maximum absolute atomic E-state index is 11.7. The van der Waals surface area contributed by atoms with E-state index in [2.05, 4.69) is 10.2 Å². The largest absolute Gasteiger partial charge is 0.481 e. The van der Waals surface area contributed by atoms with Gasteiger partial charge in [0.15, 0.2) is 0 Å². The molecule has 7 heteroatoms. The summed E-state index contributed by atoms with van der Waals surface area (Å²) in [5, 5.41) is 11.3. The topological polar surface area (TPSA) is 105 Å². The third kappa shape index (κ3) is 5.38. The van der Waals surface area contributed by atoms with Crippen molar-refractivity contribution in [3.63, 3.8) is 0 Å². The molecule has 1 aromatic rings. The molecule has 0 saturated heterocycles. The zero-order chi connectivity index (χ0) is 15.0. The fourth-order valence-electron chi connectivity index (χ4n) is 1.41. The Morgan fingerprint density at radius 3 is 2.65 bits per heavy atom. The van der Waals surface area contributed by atoms with E-state index in [1.54, 1.807) is 31.3 Å². The van der Waals surface area contributed by atoms with Crippen LogP contribution in [-0.2, 0) is 14.4 Å². The van der Waals surface area contributed by atoms with Gasteiger partial charge in [-0.05, 0) is 24.6 Å². The van der Waals surface area contributed by atoms with Gasteiger partial charge in [-0.15, -0.1) is 0 Å². The van der Waals surface area contributed by atoms with Crippen LogP contribution in [0.3, 0.4) is 0 Å². The van der Waals surface area contributed by atoms with Crippen LogP contribution in [0.2, 0.25) is 0 Å². The highest BCUT2D eigenvalue weighted by Gasteiger charge is 2.10. The third-order valence-electron chi connectivity index (χ3n) is 2.44. The number of carboxylic acid groups (broad SMARTS) is 1. The summed E-state index contributed by atoms with van der Waals surface area (Å²) >= 11 is 0. The monoisotopic (exact) mass is 280 g/mol. The summed E-state index contributed by atoms with van der Waals surface area (Å²) in [6.45, 7) is 0. The van der Waals surface area contributed by atoms with Crippen molar-refractivity contribution < 1.29 is 24.3 Å². The summed E-state index contributed by atoms with van der Waals surface area (Å²) in [6, 6.07) is 6.66. The fraction of sp³-hybridized carbons (Fsp3) is 0.308. The van der Waals surface area contributed by atoms with Crippen molar-refractivity contribution in [2.24, 2.45) is 0 Å². The second-order valence-electron chi connectivity index (χ2n) is 3.98. The van der Waals surface area contributed by atoms with E-state index >= 15 is 0 Å². The van der Waals surface area contributed by atoms with E-state index in [4.69, 9.17) is 5.11 Å². The molecule has 0 aromatic heterocycles. The number of hydroxylamine groups is 1. The van der Waals surface area contributed by atoms with Crippen molar-refractivity contribution >= 4 is 23.5 Å². The zero-order valence-electron chi connectivity index (χ0n) is 11.0. The predicted molar refractivity (Wildman–Crippen MR) is 71.0 cm³/mol. The van der Waals surface area contributed by atoms with Crippen LogP contribution in [-0.4, -0.2) is 30.0 Å². The van der Waals surface area contributed by atoms with E-state index in [1.165, 1.54) is 0 Å². The number of hydrogen-bond acceptors (Lipinski definition) is 5. The van der Waals surface area contributed by atoms with E-state index in [0.717, 1.165) is 5.69 Å². The molecule has 1 amide bonds. The van der Waals surface area contributed by atoms with Crippen LogP contribution in [0.25, 0.3) is 0 Å². The SMILES string of the molecule is CNc1cccc(C(=O)NOC(=O)CCCC(=O)O)c1. The lowest BCUT2D eigenvalue weighted by Gasteiger charge is -2.06. The second kappa shape index (κ2) is 7.78. The van der Waals surface area contributed by atoms with Crippen molar-refractivity contribution in [1.29, 1.82) is 0 Å². The molecule has 1 aromatic carbocycles. The van der Waals surface area contributed by atoms with Crippen LogP contribution < -0.4 is 10.8 Å². The molecule has 0 aliphatic carbocycles. The van der Waals surface area contributed by atoms with Gasteiger partial charge in [0.1, 0.15) is 0 Å². The Balaban J connectivity index is 2.38. The van der Waals surface area contributed by atoms with Crippen LogP contribution in [0, 0.1) is 0 Å². The van der Waals surface area contributed by atoms with E-state index in [1.807, 2.05) is 5.48 Å². The molecule has 0 aliphatic heterocycles. The highest BCUT2D eigenvalue weighted by molar-refractivity contribution is 5.95. The first-order valence-electron chi connectivity index (χ1n) is 6.02. The normalized spacial score (nSPS) is 9.65. The highest BCUT2D eigenvalue weighted by Crippen LogP contribution is 2.09. The van der Waals surface area contributed by atoms with Crippen LogP contribution in [0.15, 0.2) is 24.3 Å². The van der Waals surface area contributed by atoms with Crippen molar-refractivity contribution in [1.82, 2.24) is 5.48 Å². The van der Waals surface area contributed by atoms with Gasteiger partial charge in [-0.25, -0.2) is 4.79 Å². The quantitative estimate of drug-likeness (QED) is 0.676. The van der Waals surface area contributed by atoms with E-state index in [0.29, 0.717) is 5.56 Å². The number of rotatable bonds is 6. The van der Waals surface area contributed by atoms with Gasteiger partial charge in [-0.1, -0.05) is 6.07 Å². The molecule has 3 N–H and O–H groups in total. The van der Waals surface area contributed by atoms with Crippen molar-refractivity contribution in [2.75, 3.05) is 12.4 Å². The molecule has 0 fully saturated rings. The standard InChI is InChI=1S/C13H16N2O5/c1-14-10-5-2-4-9(8-10)13(19)15-20-12(18)7-3-6-11(16)17/h2,4-5,8,14H,3,6-7H2,1H3,(H,15,19)(H,16,17). The molecule has 0 atom stereocenters. The Morgan fingerprint density at radius 2 is 2.00 bits per heavy atom. The number of benzene rings is 1. The van der Waals surface area contributed by atoms with Crippen molar-refractivity contribution in [3.05, 3.63) is 29.8 Å². The number of amides is 1. The summed E-state index contributed by atoms with van der Waals surface area (Å²) in [5.74, 6) is -2.20. The summed E-state index contributed by atoms with van der Waals surface area (Å²) in [5.41, 5.74) is 3.12. The van der Waals surface area contributed by atoms with Gasteiger partial charge in [0, 0.05) is 31.1 Å². The van der Waals surface area contributed by atoms with E-state index in [-0.39, 0.29) is 19.3 Å². The lowest BCUT2D eigenvalue weighted by molar-refractivity contribution is -0.149. The first kappa shape index (κ1) is 15.5. The van der Waals surface area contributed by atoms with E-state index < -0.39 is 17.8 Å². The Morgan fingerprint density at radius 1 is 1.25 bits per heavy atom. The highest BCUT2D eigenvalue weighted by atomic mass is 16.7. The van der Waals surface area contributed by atoms with Crippen molar-refractivity contribution in [3.8, 4) is 0 Å². The summed E-state index contributed by atoms with van der Waals surface area (Å²) < 4.78 is 0. The van der Waals surface area contributed by atoms with Gasteiger partial charge in [-0.2, -0.15) is 5.48 Å². The molecular formula is C13H16N2O5. The fourth-order valence-corrected chi connectivity index (χ4v) is 1.41. The zero-order valence-corrected chi connectivity index (χ0v) is 11.0. The summed E-state index contributed by atoms with van der Waals surface area (Å²) in [7, 11) is 1.72. The van der Waals surface area contributed by atoms with Gasteiger partial charge in [0.2, 0.25) is 0 Å². The van der Waals surface area contributed by atoms with Crippen LogP contribution in [0.1, 0.15) is 29.6 Å². The van der Waals surface area contributed by atoms with Gasteiger partial charge >= 0.3 is 11.9 Å². The van der Waals surface area contributed by atoms with Crippen LogP contribution >= 0.6 is 0 Å². The average molecular weight is 280 g/mol.